The van der Waals surface area contributed by atoms with Crippen LogP contribution in [0.15, 0.2) is 17.2 Å². The van der Waals surface area contributed by atoms with Crippen LogP contribution in [0.4, 0.5) is 0 Å². The van der Waals surface area contributed by atoms with Gasteiger partial charge < -0.3 is 10.3 Å². The highest BCUT2D eigenvalue weighted by atomic mass is 32.2. The molecule has 1 aliphatic rings. The van der Waals surface area contributed by atoms with Crippen molar-refractivity contribution < 1.29 is 8.42 Å². The van der Waals surface area contributed by atoms with E-state index in [9.17, 15) is 8.42 Å². The van der Waals surface area contributed by atoms with Crippen LogP contribution in [0.3, 0.4) is 0 Å². The summed E-state index contributed by atoms with van der Waals surface area (Å²) in [6, 6.07) is 1.73. The summed E-state index contributed by atoms with van der Waals surface area (Å²) in [5.74, 6) is 0. The van der Waals surface area contributed by atoms with Crippen molar-refractivity contribution in [3.63, 3.8) is 0 Å². The van der Waals surface area contributed by atoms with Crippen molar-refractivity contribution in [1.82, 2.24) is 9.29 Å². The Kier molecular flexibility index (Phi) is 4.65. The maximum absolute atomic E-state index is 12.3. The van der Waals surface area contributed by atoms with Crippen molar-refractivity contribution >= 4 is 10.0 Å². The van der Waals surface area contributed by atoms with Crippen molar-refractivity contribution in [2.75, 3.05) is 0 Å². The second-order valence-corrected chi connectivity index (χ2v) is 7.01. The molecule has 0 amide bonds. The molecular weight excluding hydrogens is 262 g/mol. The maximum atomic E-state index is 12.3. The first kappa shape index (κ1) is 14.6. The number of rotatable bonds is 4. The number of aromatic nitrogens is 1. The fraction of sp³-hybridized carbons (Fsp3) is 0.692. The fourth-order valence-corrected chi connectivity index (χ4v) is 4.01. The van der Waals surface area contributed by atoms with Gasteiger partial charge in [0.2, 0.25) is 10.0 Å². The van der Waals surface area contributed by atoms with Gasteiger partial charge in [-0.25, -0.2) is 13.1 Å². The van der Waals surface area contributed by atoms with Crippen molar-refractivity contribution in [3.05, 3.63) is 18.0 Å². The molecule has 2 rings (SSSR count). The molecule has 0 saturated heterocycles. The zero-order valence-corrected chi connectivity index (χ0v) is 12.2. The maximum Gasteiger partial charge on any atom is 0.242 e. The van der Waals surface area contributed by atoms with Gasteiger partial charge in [-0.1, -0.05) is 25.7 Å². The topological polar surface area (TPSA) is 77.1 Å². The largest absolute Gasteiger partial charge is 0.352 e. The summed E-state index contributed by atoms with van der Waals surface area (Å²) in [4.78, 5) is 0.319. The lowest BCUT2D eigenvalue weighted by atomic mass is 10.1. The standard InChI is InChI=1S/C13H23N3O2S/c1-16-10-13(8-12(16)9-14)19(17,18)15-11-6-4-2-3-5-7-11/h8,10-11,15H,2-7,9,14H2,1H3. The van der Waals surface area contributed by atoms with Gasteiger partial charge >= 0.3 is 0 Å². The summed E-state index contributed by atoms with van der Waals surface area (Å²) in [7, 11) is -1.60. The van der Waals surface area contributed by atoms with Crippen LogP contribution in [0, 0.1) is 0 Å². The molecule has 0 aliphatic heterocycles. The first-order valence-corrected chi connectivity index (χ1v) is 8.39. The van der Waals surface area contributed by atoms with Gasteiger partial charge in [0.25, 0.3) is 0 Å². The minimum absolute atomic E-state index is 0.0778. The van der Waals surface area contributed by atoms with E-state index in [1.807, 2.05) is 7.05 Å². The second-order valence-electron chi connectivity index (χ2n) is 5.29. The van der Waals surface area contributed by atoms with E-state index in [1.54, 1.807) is 16.8 Å². The Hall–Kier alpha value is -0.850. The molecule has 0 unspecified atom stereocenters. The van der Waals surface area contributed by atoms with Crippen LogP contribution in [0.1, 0.15) is 44.2 Å². The molecule has 3 N–H and O–H groups in total. The van der Waals surface area contributed by atoms with Crippen molar-refractivity contribution in [1.29, 1.82) is 0 Å². The molecule has 108 valence electrons. The van der Waals surface area contributed by atoms with E-state index in [0.29, 0.717) is 11.4 Å². The summed E-state index contributed by atoms with van der Waals surface area (Å²) in [5.41, 5.74) is 6.40. The average molecular weight is 285 g/mol. The average Bonchev–Trinajstić information content (AvgIpc) is 2.58. The summed E-state index contributed by atoms with van der Waals surface area (Å²) < 4.78 is 29.3. The van der Waals surface area contributed by atoms with Gasteiger partial charge in [0.1, 0.15) is 0 Å². The van der Waals surface area contributed by atoms with E-state index < -0.39 is 10.0 Å². The Morgan fingerprint density at radius 1 is 1.32 bits per heavy atom. The monoisotopic (exact) mass is 285 g/mol. The van der Waals surface area contributed by atoms with E-state index >= 15 is 0 Å². The molecule has 1 aromatic rings. The van der Waals surface area contributed by atoms with Gasteiger partial charge in [0, 0.05) is 31.5 Å². The number of aryl methyl sites for hydroxylation is 1. The highest BCUT2D eigenvalue weighted by Gasteiger charge is 2.22. The molecular formula is C13H23N3O2S. The highest BCUT2D eigenvalue weighted by Crippen LogP contribution is 2.20. The zero-order chi connectivity index (χ0) is 13.9. The molecule has 19 heavy (non-hydrogen) atoms. The van der Waals surface area contributed by atoms with Gasteiger partial charge in [-0.2, -0.15) is 0 Å². The molecule has 1 heterocycles. The lowest BCUT2D eigenvalue weighted by Gasteiger charge is -2.15. The Morgan fingerprint density at radius 3 is 2.47 bits per heavy atom. The van der Waals surface area contributed by atoms with Gasteiger partial charge in [0.05, 0.1) is 4.90 Å². The highest BCUT2D eigenvalue weighted by molar-refractivity contribution is 7.89. The lowest BCUT2D eigenvalue weighted by molar-refractivity contribution is 0.510. The Bertz CT molecular complexity index is 514. The Labute approximate surface area is 115 Å². The van der Waals surface area contributed by atoms with Crippen LogP contribution >= 0.6 is 0 Å². The summed E-state index contributed by atoms with van der Waals surface area (Å²) in [6.45, 7) is 0.343. The second kappa shape index (κ2) is 6.07. The minimum atomic E-state index is -3.41. The summed E-state index contributed by atoms with van der Waals surface area (Å²) >= 11 is 0. The molecule has 6 heteroatoms. The number of nitrogens with two attached hydrogens (primary N) is 1. The van der Waals surface area contributed by atoms with E-state index in [0.717, 1.165) is 31.4 Å². The SMILES string of the molecule is Cn1cc(S(=O)(=O)NC2CCCCCC2)cc1CN. The number of nitrogens with zero attached hydrogens (tertiary/aromatic N) is 1. The van der Waals surface area contributed by atoms with Crippen LogP contribution < -0.4 is 10.5 Å². The Balaban J connectivity index is 2.12. The molecule has 0 aromatic carbocycles. The number of nitrogens with one attached hydrogen (secondary N) is 1. The third-order valence-corrected chi connectivity index (χ3v) is 5.27. The van der Waals surface area contributed by atoms with E-state index in [4.69, 9.17) is 5.73 Å². The van der Waals surface area contributed by atoms with Crippen LogP contribution in [-0.2, 0) is 23.6 Å². The smallest absolute Gasteiger partial charge is 0.242 e. The molecule has 1 aromatic heterocycles. The van der Waals surface area contributed by atoms with Crippen molar-refractivity contribution in [2.24, 2.45) is 12.8 Å². The fourth-order valence-electron chi connectivity index (χ4n) is 2.61. The quantitative estimate of drug-likeness (QED) is 0.823. The third-order valence-electron chi connectivity index (χ3n) is 3.78. The van der Waals surface area contributed by atoms with E-state index in [-0.39, 0.29) is 6.04 Å². The molecule has 0 bridgehead atoms. The molecule has 5 nitrogen and oxygen atoms in total. The summed E-state index contributed by atoms with van der Waals surface area (Å²) in [5, 5.41) is 0. The first-order valence-electron chi connectivity index (χ1n) is 6.90. The predicted octanol–water partition coefficient (Wildman–Crippen LogP) is 1.48. The molecule has 0 radical (unpaired) electrons. The minimum Gasteiger partial charge on any atom is -0.352 e. The van der Waals surface area contributed by atoms with E-state index in [2.05, 4.69) is 4.72 Å². The van der Waals surface area contributed by atoms with Crippen LogP contribution in [0.5, 0.6) is 0 Å². The van der Waals surface area contributed by atoms with Gasteiger partial charge in [-0.15, -0.1) is 0 Å². The van der Waals surface area contributed by atoms with Crippen LogP contribution in [0.2, 0.25) is 0 Å². The molecule has 1 saturated carbocycles. The van der Waals surface area contributed by atoms with Crippen LogP contribution in [-0.4, -0.2) is 19.0 Å². The predicted molar refractivity (Wildman–Crippen MR) is 75.1 cm³/mol. The van der Waals surface area contributed by atoms with Gasteiger partial charge in [-0.3, -0.25) is 0 Å². The Morgan fingerprint density at radius 2 is 1.95 bits per heavy atom. The van der Waals surface area contributed by atoms with Crippen LogP contribution in [0.25, 0.3) is 0 Å². The van der Waals surface area contributed by atoms with Crippen molar-refractivity contribution in [3.8, 4) is 0 Å². The zero-order valence-electron chi connectivity index (χ0n) is 11.4. The van der Waals surface area contributed by atoms with E-state index in [1.165, 1.54) is 12.8 Å². The number of hydrogen-bond acceptors (Lipinski definition) is 3. The van der Waals surface area contributed by atoms with Gasteiger partial charge in [-0.05, 0) is 18.9 Å². The molecule has 1 fully saturated rings. The summed E-state index contributed by atoms with van der Waals surface area (Å²) in [6.07, 6.45) is 8.14. The normalized spacial score (nSPS) is 18.4. The van der Waals surface area contributed by atoms with Gasteiger partial charge in [0.15, 0.2) is 0 Å². The molecule has 0 spiro atoms. The number of hydrogen-bond donors (Lipinski definition) is 2. The third kappa shape index (κ3) is 3.58. The number of sulfonamides is 1. The van der Waals surface area contributed by atoms with Crippen molar-refractivity contribution in [2.45, 2.75) is 56.0 Å². The molecule has 1 aliphatic carbocycles. The molecule has 0 atom stereocenters. The first-order chi connectivity index (χ1) is 9.03. The lowest BCUT2D eigenvalue weighted by Crippen LogP contribution is -2.34.